The number of nitro benzene ring substituents is 1. The molecule has 0 spiro atoms. The van der Waals surface area contributed by atoms with E-state index in [1.54, 1.807) is 30.3 Å². The molecule has 0 heterocycles. The molecule has 3 rings (SSSR count). The second kappa shape index (κ2) is 8.61. The van der Waals surface area contributed by atoms with E-state index in [-0.39, 0.29) is 17.0 Å². The summed E-state index contributed by atoms with van der Waals surface area (Å²) in [5, 5.41) is 11.3. The lowest BCUT2D eigenvalue weighted by Gasteiger charge is -2.10. The van der Waals surface area contributed by atoms with Crippen LogP contribution in [-0.4, -0.2) is 17.2 Å². The molecule has 0 radical (unpaired) electrons. The maximum Gasteiger partial charge on any atom is 0.343 e. The van der Waals surface area contributed by atoms with Crippen molar-refractivity contribution < 1.29 is 24.0 Å². The van der Waals surface area contributed by atoms with Gasteiger partial charge in [-0.25, -0.2) is 4.79 Å². The van der Waals surface area contributed by atoms with Crippen molar-refractivity contribution in [1.29, 1.82) is 0 Å². The molecule has 0 atom stereocenters. The fourth-order valence-electron chi connectivity index (χ4n) is 2.34. The number of hydrogen-bond acceptors (Lipinski definition) is 6. The third kappa shape index (κ3) is 4.52. The fourth-order valence-corrected chi connectivity index (χ4v) is 3.08. The molecule has 3 aromatic rings. The first-order valence-corrected chi connectivity index (χ1v) is 9.04. The van der Waals surface area contributed by atoms with Gasteiger partial charge in [0, 0.05) is 11.6 Å². The van der Waals surface area contributed by atoms with Crippen LogP contribution in [0.3, 0.4) is 0 Å². The van der Waals surface area contributed by atoms with Gasteiger partial charge in [-0.05, 0) is 65.1 Å². The average molecular weight is 489 g/mol. The molecular weight excluding hydrogens is 477 g/mol. The molecule has 8 heteroatoms. The summed E-state index contributed by atoms with van der Waals surface area (Å²) in [6.07, 6.45) is 0.537. The number of nitro groups is 1. The van der Waals surface area contributed by atoms with E-state index in [2.05, 4.69) is 0 Å². The summed E-state index contributed by atoms with van der Waals surface area (Å²) in [6, 6.07) is 17.3. The van der Waals surface area contributed by atoms with Crippen LogP contribution >= 0.6 is 22.6 Å². The van der Waals surface area contributed by atoms with Gasteiger partial charge in [0.25, 0.3) is 0 Å². The van der Waals surface area contributed by atoms with Crippen LogP contribution in [0, 0.1) is 13.7 Å². The van der Waals surface area contributed by atoms with Gasteiger partial charge in [-0.3, -0.25) is 14.9 Å². The lowest BCUT2D eigenvalue weighted by molar-refractivity contribution is -0.385. The predicted molar refractivity (Wildman–Crippen MR) is 109 cm³/mol. The summed E-state index contributed by atoms with van der Waals surface area (Å²) in [5.41, 5.74) is 0.295. The normalized spacial score (nSPS) is 10.2. The van der Waals surface area contributed by atoms with Crippen molar-refractivity contribution in [3.05, 3.63) is 91.5 Å². The standard InChI is InChI=1S/C20H12INO6/c21-17-10-13(12-23)11-18(22(25)26)19(17)27-15-6-8-16(9-7-15)28-20(24)14-4-2-1-3-5-14/h1-12H. The third-order valence-corrected chi connectivity index (χ3v) is 4.44. The summed E-state index contributed by atoms with van der Waals surface area (Å²) in [6.45, 7) is 0. The third-order valence-electron chi connectivity index (χ3n) is 3.64. The number of aldehydes is 1. The summed E-state index contributed by atoms with van der Waals surface area (Å²) in [5.74, 6) is 0.162. The molecule has 0 saturated carbocycles. The topological polar surface area (TPSA) is 95.7 Å². The first kappa shape index (κ1) is 19.5. The van der Waals surface area contributed by atoms with Crippen molar-refractivity contribution in [2.45, 2.75) is 0 Å². The first-order valence-electron chi connectivity index (χ1n) is 7.96. The molecule has 0 saturated heterocycles. The van der Waals surface area contributed by atoms with Crippen LogP contribution in [0.2, 0.25) is 0 Å². The lowest BCUT2D eigenvalue weighted by atomic mass is 10.2. The zero-order valence-electron chi connectivity index (χ0n) is 14.2. The summed E-state index contributed by atoms with van der Waals surface area (Å²) in [4.78, 5) is 33.7. The summed E-state index contributed by atoms with van der Waals surface area (Å²) < 4.78 is 11.3. The highest BCUT2D eigenvalue weighted by Gasteiger charge is 2.21. The number of benzene rings is 3. The van der Waals surface area contributed by atoms with E-state index < -0.39 is 10.9 Å². The first-order chi connectivity index (χ1) is 13.5. The molecule has 0 aliphatic heterocycles. The number of rotatable bonds is 6. The van der Waals surface area contributed by atoms with E-state index in [1.165, 1.54) is 30.3 Å². The van der Waals surface area contributed by atoms with Crippen LogP contribution in [-0.2, 0) is 0 Å². The Bertz CT molecular complexity index is 1030. The Balaban J connectivity index is 1.79. The van der Waals surface area contributed by atoms with Crippen molar-refractivity contribution in [3.8, 4) is 17.2 Å². The van der Waals surface area contributed by atoms with Crippen molar-refractivity contribution >= 4 is 40.5 Å². The van der Waals surface area contributed by atoms with Crippen LogP contribution in [0.25, 0.3) is 0 Å². The van der Waals surface area contributed by atoms with Crippen LogP contribution in [0.1, 0.15) is 20.7 Å². The number of hydrogen-bond donors (Lipinski definition) is 0. The molecule has 140 valence electrons. The minimum Gasteiger partial charge on any atom is -0.449 e. The molecule has 0 bridgehead atoms. The Kier molecular flexibility index (Phi) is 5.99. The van der Waals surface area contributed by atoms with Gasteiger partial charge in [-0.2, -0.15) is 0 Å². The molecule has 0 aliphatic rings. The Morgan fingerprint density at radius 1 is 1.00 bits per heavy atom. The predicted octanol–water partition coefficient (Wildman–Crippen LogP) is 5.02. The van der Waals surface area contributed by atoms with Crippen molar-refractivity contribution in [3.63, 3.8) is 0 Å². The van der Waals surface area contributed by atoms with Gasteiger partial charge >= 0.3 is 11.7 Å². The highest BCUT2D eigenvalue weighted by molar-refractivity contribution is 14.1. The number of esters is 1. The molecule has 0 amide bonds. The lowest BCUT2D eigenvalue weighted by Crippen LogP contribution is -2.07. The van der Waals surface area contributed by atoms with Gasteiger partial charge in [0.1, 0.15) is 17.8 Å². The van der Waals surface area contributed by atoms with E-state index in [1.807, 2.05) is 22.6 Å². The second-order valence-electron chi connectivity index (χ2n) is 5.55. The number of nitrogens with zero attached hydrogens (tertiary/aromatic N) is 1. The monoisotopic (exact) mass is 489 g/mol. The van der Waals surface area contributed by atoms with Crippen LogP contribution in [0.15, 0.2) is 66.7 Å². The summed E-state index contributed by atoms with van der Waals surface area (Å²) in [7, 11) is 0. The van der Waals surface area contributed by atoms with E-state index >= 15 is 0 Å². The van der Waals surface area contributed by atoms with Crippen molar-refractivity contribution in [2.24, 2.45) is 0 Å². The van der Waals surface area contributed by atoms with Gasteiger partial charge in [-0.15, -0.1) is 0 Å². The van der Waals surface area contributed by atoms with Crippen LogP contribution in [0.5, 0.6) is 17.2 Å². The minimum absolute atomic E-state index is 0.0326. The highest BCUT2D eigenvalue weighted by atomic mass is 127. The molecular formula is C20H12INO6. The van der Waals surface area contributed by atoms with Gasteiger partial charge in [-0.1, -0.05) is 18.2 Å². The molecule has 0 fully saturated rings. The average Bonchev–Trinajstić information content (AvgIpc) is 2.71. The molecule has 7 nitrogen and oxygen atoms in total. The largest absolute Gasteiger partial charge is 0.449 e. The number of ether oxygens (including phenoxy) is 2. The van der Waals surface area contributed by atoms with Crippen molar-refractivity contribution in [1.82, 2.24) is 0 Å². The van der Waals surface area contributed by atoms with E-state index in [0.29, 0.717) is 26.9 Å². The number of carbonyl (C=O) groups is 2. The van der Waals surface area contributed by atoms with Gasteiger partial charge < -0.3 is 9.47 Å². The van der Waals surface area contributed by atoms with Gasteiger partial charge in [0.2, 0.25) is 5.75 Å². The molecule has 28 heavy (non-hydrogen) atoms. The Morgan fingerprint density at radius 2 is 1.64 bits per heavy atom. The number of carbonyl (C=O) groups excluding carboxylic acids is 2. The second-order valence-corrected chi connectivity index (χ2v) is 6.72. The zero-order chi connectivity index (χ0) is 20.1. The fraction of sp³-hybridized carbons (Fsp3) is 0. The zero-order valence-corrected chi connectivity index (χ0v) is 16.4. The minimum atomic E-state index is -0.611. The molecule has 0 aliphatic carbocycles. The van der Waals surface area contributed by atoms with Crippen LogP contribution < -0.4 is 9.47 Å². The smallest absolute Gasteiger partial charge is 0.343 e. The van der Waals surface area contributed by atoms with Gasteiger partial charge in [0.15, 0.2) is 0 Å². The van der Waals surface area contributed by atoms with Gasteiger partial charge in [0.05, 0.1) is 14.1 Å². The van der Waals surface area contributed by atoms with E-state index in [0.717, 1.165) is 6.07 Å². The maximum atomic E-state index is 12.1. The van der Waals surface area contributed by atoms with Crippen LogP contribution in [0.4, 0.5) is 5.69 Å². The van der Waals surface area contributed by atoms with Crippen molar-refractivity contribution in [2.75, 3.05) is 0 Å². The Morgan fingerprint density at radius 3 is 2.25 bits per heavy atom. The highest BCUT2D eigenvalue weighted by Crippen LogP contribution is 2.37. The Labute approximate surface area is 173 Å². The number of halogens is 1. The molecule has 3 aromatic carbocycles. The molecule has 0 N–H and O–H groups in total. The van der Waals surface area contributed by atoms with E-state index in [4.69, 9.17) is 9.47 Å². The van der Waals surface area contributed by atoms with E-state index in [9.17, 15) is 19.7 Å². The Hall–Kier alpha value is -3.27. The summed E-state index contributed by atoms with van der Waals surface area (Å²) >= 11 is 1.87. The SMILES string of the molecule is O=Cc1cc(I)c(Oc2ccc(OC(=O)c3ccccc3)cc2)c([N+](=O)[O-])c1. The molecule has 0 aromatic heterocycles. The molecule has 0 unspecified atom stereocenters. The maximum absolute atomic E-state index is 12.1. The quantitative estimate of drug-likeness (QED) is 0.121.